The van der Waals surface area contributed by atoms with Gasteiger partial charge >= 0.3 is 0 Å². The predicted molar refractivity (Wildman–Crippen MR) is 112 cm³/mol. The van der Waals surface area contributed by atoms with E-state index in [0.29, 0.717) is 23.9 Å². The Bertz CT molecular complexity index is 996. The quantitative estimate of drug-likeness (QED) is 0.755. The number of hydrogen-bond acceptors (Lipinski definition) is 4. The highest BCUT2D eigenvalue weighted by molar-refractivity contribution is 7.90. The van der Waals surface area contributed by atoms with Crippen LogP contribution in [0.5, 0.6) is 0 Å². The molecule has 1 aliphatic rings. The van der Waals surface area contributed by atoms with Crippen LogP contribution in [0.25, 0.3) is 0 Å². The van der Waals surface area contributed by atoms with Crippen LogP contribution < -0.4 is 10.6 Å². The molecule has 1 amide bonds. The van der Waals surface area contributed by atoms with Crippen molar-refractivity contribution in [2.24, 2.45) is 10.3 Å². The number of benzene rings is 2. The summed E-state index contributed by atoms with van der Waals surface area (Å²) in [4.78, 5) is 12.5. The maximum Gasteiger partial charge on any atom is 0.286 e. The first-order chi connectivity index (χ1) is 13.2. The van der Waals surface area contributed by atoms with Crippen molar-refractivity contribution in [3.05, 3.63) is 54.1 Å². The minimum Gasteiger partial charge on any atom is -0.342 e. The van der Waals surface area contributed by atoms with Crippen molar-refractivity contribution in [2.45, 2.75) is 44.4 Å². The topological polar surface area (TPSA) is 87.6 Å². The Kier molecular flexibility index (Phi) is 5.84. The fraction of sp³-hybridized carbons (Fsp3) is 0.333. The van der Waals surface area contributed by atoms with Crippen LogP contribution in [0.4, 0.5) is 11.4 Å². The Hall–Kier alpha value is -2.67. The van der Waals surface area contributed by atoms with Gasteiger partial charge in [0.1, 0.15) is 10.7 Å². The van der Waals surface area contributed by atoms with E-state index in [0.717, 1.165) is 5.69 Å². The van der Waals surface area contributed by atoms with Gasteiger partial charge in [-0.1, -0.05) is 45.0 Å². The second-order valence-electron chi connectivity index (χ2n) is 7.47. The van der Waals surface area contributed by atoms with E-state index in [1.54, 1.807) is 18.2 Å². The first-order valence-electron chi connectivity index (χ1n) is 9.34. The number of anilines is 2. The molecule has 0 aromatic heterocycles. The van der Waals surface area contributed by atoms with E-state index in [1.165, 1.54) is 11.6 Å². The molecule has 0 saturated carbocycles. The molecular weight excluding hydrogens is 374 g/mol. The van der Waals surface area contributed by atoms with Gasteiger partial charge in [-0.15, -0.1) is 4.40 Å². The molecule has 2 N–H and O–H groups in total. The molecule has 0 fully saturated rings. The van der Waals surface area contributed by atoms with E-state index in [-0.39, 0.29) is 23.1 Å². The Morgan fingerprint density at radius 1 is 1.07 bits per heavy atom. The number of rotatable bonds is 6. The molecule has 2 aromatic rings. The van der Waals surface area contributed by atoms with Crippen LogP contribution in [0.2, 0.25) is 0 Å². The summed E-state index contributed by atoms with van der Waals surface area (Å²) in [5, 5.41) is 5.95. The monoisotopic (exact) mass is 399 g/mol. The maximum atomic E-state index is 12.3. The highest BCUT2D eigenvalue weighted by Gasteiger charge is 2.25. The number of carbonyl (C=O) groups is 1. The lowest BCUT2D eigenvalue weighted by molar-refractivity contribution is -0.116. The third-order valence-corrected chi connectivity index (χ3v) is 5.98. The summed E-state index contributed by atoms with van der Waals surface area (Å²) < 4.78 is 28.5. The second-order valence-corrected chi connectivity index (χ2v) is 9.05. The van der Waals surface area contributed by atoms with Crippen LogP contribution >= 0.6 is 0 Å². The average molecular weight is 400 g/mol. The van der Waals surface area contributed by atoms with E-state index in [9.17, 15) is 13.2 Å². The molecule has 3 rings (SSSR count). The van der Waals surface area contributed by atoms with Crippen molar-refractivity contribution >= 4 is 33.1 Å². The van der Waals surface area contributed by atoms with E-state index in [2.05, 4.69) is 28.9 Å². The standard InChI is InChI=1S/C21H25N3O3S/c1-14(2)16-8-10-17(11-9-16)22-21(25)13-15(3)12-20-23-18-6-4-5-7-19(18)28(26,27)24-20/h4-11,14-15H,12-13H2,1-3H3,(H,22,25)(H,23,24)/t15-/m0/s1. The van der Waals surface area contributed by atoms with Gasteiger partial charge in [-0.05, 0) is 41.7 Å². The molecular formula is C21H25N3O3S. The van der Waals surface area contributed by atoms with Crippen molar-refractivity contribution in [3.63, 3.8) is 0 Å². The van der Waals surface area contributed by atoms with E-state index in [4.69, 9.17) is 0 Å². The van der Waals surface area contributed by atoms with Gasteiger partial charge in [-0.2, -0.15) is 8.42 Å². The van der Waals surface area contributed by atoms with Crippen LogP contribution in [0.3, 0.4) is 0 Å². The SMILES string of the molecule is CC(C)c1ccc(NC(=O)C[C@@H](C)CC2=NS(=O)(=O)c3ccccc3N2)cc1. The molecule has 1 atom stereocenters. The van der Waals surface area contributed by atoms with Crippen molar-refractivity contribution in [1.29, 1.82) is 0 Å². The summed E-state index contributed by atoms with van der Waals surface area (Å²) in [5.74, 6) is 0.626. The number of amidine groups is 1. The summed E-state index contributed by atoms with van der Waals surface area (Å²) in [6.45, 7) is 6.14. The van der Waals surface area contributed by atoms with Gasteiger partial charge in [0.05, 0.1) is 5.69 Å². The number of nitrogens with one attached hydrogen (secondary N) is 2. The van der Waals surface area contributed by atoms with E-state index >= 15 is 0 Å². The van der Waals surface area contributed by atoms with Crippen LogP contribution in [-0.4, -0.2) is 20.2 Å². The van der Waals surface area contributed by atoms with Gasteiger partial charge < -0.3 is 10.6 Å². The molecule has 0 radical (unpaired) electrons. The Balaban J connectivity index is 1.59. The average Bonchev–Trinajstić information content (AvgIpc) is 2.61. The molecule has 6 nitrogen and oxygen atoms in total. The second kappa shape index (κ2) is 8.14. The fourth-order valence-corrected chi connectivity index (χ4v) is 4.29. The van der Waals surface area contributed by atoms with Crippen LogP contribution in [0.15, 0.2) is 57.8 Å². The molecule has 28 heavy (non-hydrogen) atoms. The molecule has 0 bridgehead atoms. The minimum absolute atomic E-state index is 0.0679. The summed E-state index contributed by atoms with van der Waals surface area (Å²) >= 11 is 0. The number of nitrogens with zero attached hydrogens (tertiary/aromatic N) is 1. The lowest BCUT2D eigenvalue weighted by Crippen LogP contribution is -2.25. The first kappa shape index (κ1) is 20.1. The molecule has 0 saturated heterocycles. The van der Waals surface area contributed by atoms with Crippen molar-refractivity contribution < 1.29 is 13.2 Å². The number of sulfonamides is 1. The highest BCUT2D eigenvalue weighted by Crippen LogP contribution is 2.28. The van der Waals surface area contributed by atoms with Crippen molar-refractivity contribution in [1.82, 2.24) is 0 Å². The molecule has 7 heteroatoms. The lowest BCUT2D eigenvalue weighted by Gasteiger charge is -2.20. The van der Waals surface area contributed by atoms with Crippen molar-refractivity contribution in [3.8, 4) is 0 Å². The molecule has 2 aromatic carbocycles. The Morgan fingerprint density at radius 3 is 2.43 bits per heavy atom. The smallest absolute Gasteiger partial charge is 0.286 e. The summed E-state index contributed by atoms with van der Waals surface area (Å²) in [6.07, 6.45) is 0.640. The molecule has 1 heterocycles. The van der Waals surface area contributed by atoms with Gasteiger partial charge in [0.25, 0.3) is 10.0 Å². The number of hydrogen-bond donors (Lipinski definition) is 2. The Labute approximate surface area is 166 Å². The fourth-order valence-electron chi connectivity index (χ4n) is 3.14. The zero-order valence-electron chi connectivity index (χ0n) is 16.3. The lowest BCUT2D eigenvalue weighted by atomic mass is 10.0. The normalized spacial score (nSPS) is 15.9. The third-order valence-electron chi connectivity index (χ3n) is 4.61. The summed E-state index contributed by atoms with van der Waals surface area (Å²) in [7, 11) is -3.70. The van der Waals surface area contributed by atoms with E-state index in [1.807, 2.05) is 31.2 Å². The molecule has 0 spiro atoms. The number of amides is 1. The number of para-hydroxylation sites is 1. The number of fused-ring (bicyclic) bond motifs is 1. The molecule has 148 valence electrons. The first-order valence-corrected chi connectivity index (χ1v) is 10.8. The molecule has 0 aliphatic carbocycles. The number of carbonyl (C=O) groups excluding carboxylic acids is 1. The summed E-state index contributed by atoms with van der Waals surface area (Å²) in [5.41, 5.74) is 2.50. The van der Waals surface area contributed by atoms with Crippen molar-refractivity contribution in [2.75, 3.05) is 10.6 Å². The predicted octanol–water partition coefficient (Wildman–Crippen LogP) is 4.38. The van der Waals surface area contributed by atoms with Gasteiger partial charge in [0.15, 0.2) is 0 Å². The summed E-state index contributed by atoms with van der Waals surface area (Å²) in [6, 6.07) is 14.5. The highest BCUT2D eigenvalue weighted by atomic mass is 32.2. The van der Waals surface area contributed by atoms with E-state index < -0.39 is 10.0 Å². The molecule has 1 aliphatic heterocycles. The van der Waals surface area contributed by atoms with Crippen LogP contribution in [0, 0.1) is 5.92 Å². The van der Waals surface area contributed by atoms with Gasteiger partial charge in [0.2, 0.25) is 5.91 Å². The Morgan fingerprint density at radius 2 is 1.75 bits per heavy atom. The van der Waals surface area contributed by atoms with Gasteiger partial charge in [-0.3, -0.25) is 4.79 Å². The minimum atomic E-state index is -3.70. The largest absolute Gasteiger partial charge is 0.342 e. The molecule has 0 unspecified atom stereocenters. The zero-order valence-corrected chi connectivity index (χ0v) is 17.1. The van der Waals surface area contributed by atoms with Gasteiger partial charge in [-0.25, -0.2) is 0 Å². The van der Waals surface area contributed by atoms with Crippen LogP contribution in [0.1, 0.15) is 45.1 Å². The maximum absolute atomic E-state index is 12.3. The third kappa shape index (κ3) is 4.78. The van der Waals surface area contributed by atoms with Crippen LogP contribution in [-0.2, 0) is 14.8 Å². The van der Waals surface area contributed by atoms with Gasteiger partial charge in [0, 0.05) is 18.5 Å². The zero-order chi connectivity index (χ0) is 20.3.